The molecule has 8 heteroatoms. The van der Waals surface area contributed by atoms with Crippen molar-refractivity contribution in [2.24, 2.45) is 5.73 Å². The van der Waals surface area contributed by atoms with E-state index in [1.807, 2.05) is 7.05 Å². The van der Waals surface area contributed by atoms with Crippen molar-refractivity contribution in [2.75, 3.05) is 20.1 Å². The van der Waals surface area contributed by atoms with Gasteiger partial charge in [-0.1, -0.05) is 0 Å². The number of carbonyl (C=O) groups excluding carboxylic acids is 2. The SMILES string of the molecule is CN1CCCC(NC(=O)N[C@H](CCC(N)=O)C(=O)O)C1. The summed E-state index contributed by atoms with van der Waals surface area (Å²) >= 11 is 0. The Morgan fingerprint density at radius 1 is 1.45 bits per heavy atom. The van der Waals surface area contributed by atoms with Crippen LogP contribution in [-0.4, -0.2) is 60.1 Å². The van der Waals surface area contributed by atoms with Crippen LogP contribution in [0.5, 0.6) is 0 Å². The maximum absolute atomic E-state index is 11.8. The number of hydrogen-bond acceptors (Lipinski definition) is 4. The van der Waals surface area contributed by atoms with Crippen molar-refractivity contribution in [1.82, 2.24) is 15.5 Å². The van der Waals surface area contributed by atoms with Gasteiger partial charge in [0, 0.05) is 19.0 Å². The Morgan fingerprint density at radius 2 is 2.15 bits per heavy atom. The molecule has 5 N–H and O–H groups in total. The minimum atomic E-state index is -1.18. The number of nitrogens with two attached hydrogens (primary N) is 1. The van der Waals surface area contributed by atoms with Gasteiger partial charge in [0.15, 0.2) is 0 Å². The third-order valence-electron chi connectivity index (χ3n) is 3.24. The summed E-state index contributed by atoms with van der Waals surface area (Å²) < 4.78 is 0. The third-order valence-corrected chi connectivity index (χ3v) is 3.24. The number of likely N-dealkylation sites (tertiary alicyclic amines) is 1. The van der Waals surface area contributed by atoms with Crippen molar-refractivity contribution >= 4 is 17.9 Å². The highest BCUT2D eigenvalue weighted by atomic mass is 16.4. The number of rotatable bonds is 6. The van der Waals surface area contributed by atoms with E-state index in [9.17, 15) is 14.4 Å². The molecule has 8 nitrogen and oxygen atoms in total. The fourth-order valence-electron chi connectivity index (χ4n) is 2.21. The standard InChI is InChI=1S/C12H22N4O4/c1-16-6-2-3-8(7-16)14-12(20)15-9(11(18)19)4-5-10(13)17/h8-9H,2-7H2,1H3,(H2,13,17)(H,18,19)(H2,14,15,20)/t8?,9-/m1/s1. The molecule has 0 radical (unpaired) electrons. The summed E-state index contributed by atoms with van der Waals surface area (Å²) in [4.78, 5) is 35.5. The van der Waals surface area contributed by atoms with Crippen LogP contribution in [0, 0.1) is 0 Å². The molecule has 1 aliphatic heterocycles. The number of primary amides is 1. The first-order valence-electron chi connectivity index (χ1n) is 6.65. The van der Waals surface area contributed by atoms with Gasteiger partial charge in [0.05, 0.1) is 0 Å². The molecule has 0 bridgehead atoms. The van der Waals surface area contributed by atoms with Crippen LogP contribution in [0.4, 0.5) is 4.79 Å². The van der Waals surface area contributed by atoms with Crippen LogP contribution in [0.25, 0.3) is 0 Å². The van der Waals surface area contributed by atoms with Crippen molar-refractivity contribution in [3.63, 3.8) is 0 Å². The predicted molar refractivity (Wildman–Crippen MR) is 72.0 cm³/mol. The Hall–Kier alpha value is -1.83. The highest BCUT2D eigenvalue weighted by Crippen LogP contribution is 2.07. The molecule has 0 saturated carbocycles. The molecule has 2 atom stereocenters. The highest BCUT2D eigenvalue weighted by molar-refractivity contribution is 5.83. The van der Waals surface area contributed by atoms with Crippen LogP contribution < -0.4 is 16.4 Å². The van der Waals surface area contributed by atoms with Gasteiger partial charge in [0.25, 0.3) is 0 Å². The Bertz CT molecular complexity index is 374. The smallest absolute Gasteiger partial charge is 0.326 e. The first-order valence-corrected chi connectivity index (χ1v) is 6.65. The number of nitrogens with one attached hydrogen (secondary N) is 2. The number of carbonyl (C=O) groups is 3. The minimum absolute atomic E-state index is 0.0113. The maximum atomic E-state index is 11.8. The van der Waals surface area contributed by atoms with Gasteiger partial charge in [-0.25, -0.2) is 9.59 Å². The first kappa shape index (κ1) is 16.2. The molecule has 1 heterocycles. The lowest BCUT2D eigenvalue weighted by molar-refractivity contribution is -0.139. The molecular formula is C12H22N4O4. The maximum Gasteiger partial charge on any atom is 0.326 e. The molecule has 0 spiro atoms. The van der Waals surface area contributed by atoms with Crippen molar-refractivity contribution in [1.29, 1.82) is 0 Å². The second-order valence-corrected chi connectivity index (χ2v) is 5.12. The summed E-state index contributed by atoms with van der Waals surface area (Å²) in [6.45, 7) is 1.74. The Kier molecular flexibility index (Phi) is 6.23. The van der Waals surface area contributed by atoms with Crippen LogP contribution in [0.3, 0.4) is 0 Å². The average molecular weight is 286 g/mol. The molecule has 114 valence electrons. The molecule has 1 aliphatic rings. The third kappa shape index (κ3) is 5.87. The zero-order valence-corrected chi connectivity index (χ0v) is 11.6. The molecule has 1 saturated heterocycles. The van der Waals surface area contributed by atoms with Gasteiger partial charge in [0.2, 0.25) is 5.91 Å². The summed E-state index contributed by atoms with van der Waals surface area (Å²) in [5.74, 6) is -1.77. The number of aliphatic carboxylic acids is 1. The molecule has 1 rings (SSSR count). The van der Waals surface area contributed by atoms with E-state index >= 15 is 0 Å². The number of amides is 3. The van der Waals surface area contributed by atoms with E-state index in [1.165, 1.54) is 0 Å². The summed E-state index contributed by atoms with van der Waals surface area (Å²) in [6, 6.07) is -1.62. The molecule has 20 heavy (non-hydrogen) atoms. The first-order chi connectivity index (χ1) is 9.38. The Balaban J connectivity index is 2.40. The lowest BCUT2D eigenvalue weighted by Gasteiger charge is -2.30. The topological polar surface area (TPSA) is 125 Å². The zero-order valence-electron chi connectivity index (χ0n) is 11.6. The summed E-state index contributed by atoms with van der Waals surface area (Å²) in [5.41, 5.74) is 4.97. The number of hydrogen-bond donors (Lipinski definition) is 4. The lowest BCUT2D eigenvalue weighted by atomic mass is 10.1. The average Bonchev–Trinajstić information content (AvgIpc) is 2.33. The Labute approximate surface area is 117 Å². The fourth-order valence-corrected chi connectivity index (χ4v) is 2.21. The van der Waals surface area contributed by atoms with E-state index in [1.54, 1.807) is 0 Å². The minimum Gasteiger partial charge on any atom is -0.480 e. The second kappa shape index (κ2) is 7.68. The van der Waals surface area contributed by atoms with Crippen LogP contribution in [0.1, 0.15) is 25.7 Å². The van der Waals surface area contributed by atoms with E-state index in [2.05, 4.69) is 15.5 Å². The number of carboxylic acids is 1. The zero-order chi connectivity index (χ0) is 15.1. The molecule has 0 aromatic heterocycles. The molecule has 3 amide bonds. The van der Waals surface area contributed by atoms with Crippen molar-refractivity contribution in [2.45, 2.75) is 37.8 Å². The number of urea groups is 1. The van der Waals surface area contributed by atoms with Crippen molar-refractivity contribution in [3.05, 3.63) is 0 Å². The quantitative estimate of drug-likeness (QED) is 0.503. The molecule has 1 unspecified atom stereocenters. The number of nitrogens with zero attached hydrogens (tertiary/aromatic N) is 1. The second-order valence-electron chi connectivity index (χ2n) is 5.12. The highest BCUT2D eigenvalue weighted by Gasteiger charge is 2.23. The lowest BCUT2D eigenvalue weighted by Crippen LogP contribution is -2.53. The van der Waals surface area contributed by atoms with Crippen LogP contribution in [0.15, 0.2) is 0 Å². The van der Waals surface area contributed by atoms with E-state index in [-0.39, 0.29) is 18.9 Å². The molecule has 1 fully saturated rings. The van der Waals surface area contributed by atoms with Gasteiger partial charge in [-0.2, -0.15) is 0 Å². The molecule has 0 aromatic carbocycles. The number of likely N-dealkylation sites (N-methyl/N-ethyl adjacent to an activating group) is 1. The largest absolute Gasteiger partial charge is 0.480 e. The summed E-state index contributed by atoms with van der Waals surface area (Å²) in [6.07, 6.45) is 1.77. The number of piperidine rings is 1. The van der Waals surface area contributed by atoms with E-state index < -0.39 is 23.9 Å². The molecule has 0 aliphatic carbocycles. The van der Waals surface area contributed by atoms with Crippen LogP contribution in [0.2, 0.25) is 0 Å². The molecule has 0 aromatic rings. The van der Waals surface area contributed by atoms with Crippen molar-refractivity contribution in [3.8, 4) is 0 Å². The summed E-state index contributed by atoms with van der Waals surface area (Å²) in [7, 11) is 1.97. The monoisotopic (exact) mass is 286 g/mol. The van der Waals surface area contributed by atoms with Crippen LogP contribution in [-0.2, 0) is 9.59 Å². The predicted octanol–water partition coefficient (Wildman–Crippen LogP) is -0.901. The van der Waals surface area contributed by atoms with E-state index in [0.717, 1.165) is 25.9 Å². The summed E-state index contributed by atoms with van der Waals surface area (Å²) in [5, 5.41) is 14.1. The fraction of sp³-hybridized carbons (Fsp3) is 0.750. The van der Waals surface area contributed by atoms with Gasteiger partial charge in [-0.15, -0.1) is 0 Å². The Morgan fingerprint density at radius 3 is 2.70 bits per heavy atom. The van der Waals surface area contributed by atoms with Gasteiger partial charge >= 0.3 is 12.0 Å². The van der Waals surface area contributed by atoms with E-state index in [4.69, 9.17) is 10.8 Å². The molecular weight excluding hydrogens is 264 g/mol. The number of carboxylic acid groups (broad SMARTS) is 1. The van der Waals surface area contributed by atoms with E-state index in [0.29, 0.717) is 0 Å². The van der Waals surface area contributed by atoms with Crippen molar-refractivity contribution < 1.29 is 19.5 Å². The van der Waals surface area contributed by atoms with Gasteiger partial charge < -0.3 is 26.4 Å². The van der Waals surface area contributed by atoms with Gasteiger partial charge in [-0.05, 0) is 32.9 Å². The van der Waals surface area contributed by atoms with Crippen LogP contribution >= 0.6 is 0 Å². The normalized spacial score (nSPS) is 20.9. The van der Waals surface area contributed by atoms with Gasteiger partial charge in [0.1, 0.15) is 6.04 Å². The van der Waals surface area contributed by atoms with Gasteiger partial charge in [-0.3, -0.25) is 4.79 Å².